The van der Waals surface area contributed by atoms with Gasteiger partial charge in [0.05, 0.1) is 6.42 Å². The Morgan fingerprint density at radius 2 is 1.56 bits per heavy atom. The number of hydrogen-bond donors (Lipinski definition) is 0. The van der Waals surface area contributed by atoms with Crippen molar-refractivity contribution in [1.29, 1.82) is 0 Å². The molecule has 0 bridgehead atoms. The summed E-state index contributed by atoms with van der Waals surface area (Å²) in [6.45, 7) is 5.72. The first-order valence-corrected chi connectivity index (χ1v) is 9.35. The molecular formula is C22H26N2O3. The summed E-state index contributed by atoms with van der Waals surface area (Å²) >= 11 is 0. The first-order chi connectivity index (χ1) is 13.1. The van der Waals surface area contributed by atoms with Crippen molar-refractivity contribution in [3.8, 4) is 0 Å². The lowest BCUT2D eigenvalue weighted by Gasteiger charge is -2.34. The van der Waals surface area contributed by atoms with E-state index in [1.807, 2.05) is 49.4 Å². The first kappa shape index (κ1) is 19.1. The van der Waals surface area contributed by atoms with Crippen LogP contribution in [-0.2, 0) is 27.3 Å². The van der Waals surface area contributed by atoms with Gasteiger partial charge in [0.15, 0.2) is 6.61 Å². The number of amides is 1. The standard InChI is InChI=1S/C22H26N2O3/c1-18-7-9-19(10-8-18)15-22(26)27-17-21(25)24-13-11-23(12-14-24)16-20-5-3-2-4-6-20/h2-10H,11-17H2,1H3. The first-order valence-electron chi connectivity index (χ1n) is 9.35. The number of piperazine rings is 1. The lowest BCUT2D eigenvalue weighted by molar-refractivity contribution is -0.152. The molecule has 3 rings (SSSR count). The average molecular weight is 366 g/mol. The Balaban J connectivity index is 1.37. The van der Waals surface area contributed by atoms with Gasteiger partial charge < -0.3 is 9.64 Å². The number of carbonyl (C=O) groups excluding carboxylic acids is 2. The third-order valence-electron chi connectivity index (χ3n) is 4.80. The maximum Gasteiger partial charge on any atom is 0.310 e. The molecule has 1 aliphatic heterocycles. The summed E-state index contributed by atoms with van der Waals surface area (Å²) < 4.78 is 5.17. The van der Waals surface area contributed by atoms with Crippen molar-refractivity contribution in [2.45, 2.75) is 19.9 Å². The van der Waals surface area contributed by atoms with Crippen LogP contribution in [0.1, 0.15) is 16.7 Å². The second kappa shape index (κ2) is 9.33. The highest BCUT2D eigenvalue weighted by atomic mass is 16.5. The molecule has 27 heavy (non-hydrogen) atoms. The number of rotatable bonds is 6. The van der Waals surface area contributed by atoms with Crippen molar-refractivity contribution < 1.29 is 14.3 Å². The highest BCUT2D eigenvalue weighted by Gasteiger charge is 2.22. The van der Waals surface area contributed by atoms with Gasteiger partial charge in [-0.25, -0.2) is 0 Å². The van der Waals surface area contributed by atoms with E-state index in [0.29, 0.717) is 13.1 Å². The summed E-state index contributed by atoms with van der Waals surface area (Å²) in [7, 11) is 0. The van der Waals surface area contributed by atoms with Crippen molar-refractivity contribution in [2.24, 2.45) is 0 Å². The largest absolute Gasteiger partial charge is 0.455 e. The number of nitrogens with zero attached hydrogens (tertiary/aromatic N) is 2. The molecule has 5 nitrogen and oxygen atoms in total. The zero-order valence-corrected chi connectivity index (χ0v) is 15.8. The van der Waals surface area contributed by atoms with Crippen molar-refractivity contribution in [3.63, 3.8) is 0 Å². The van der Waals surface area contributed by atoms with Gasteiger partial charge in [-0.1, -0.05) is 60.2 Å². The minimum Gasteiger partial charge on any atom is -0.455 e. The van der Waals surface area contributed by atoms with Crippen LogP contribution in [0.25, 0.3) is 0 Å². The Hall–Kier alpha value is -2.66. The Bertz CT molecular complexity index is 751. The molecule has 0 aliphatic carbocycles. The van der Waals surface area contributed by atoms with E-state index in [1.165, 1.54) is 5.56 Å². The molecule has 0 unspecified atom stereocenters. The molecule has 1 aliphatic rings. The molecule has 1 saturated heterocycles. The van der Waals surface area contributed by atoms with Crippen LogP contribution in [0.15, 0.2) is 54.6 Å². The molecule has 1 amide bonds. The van der Waals surface area contributed by atoms with E-state index in [2.05, 4.69) is 17.0 Å². The predicted octanol–water partition coefficient (Wildman–Crippen LogP) is 2.43. The van der Waals surface area contributed by atoms with Gasteiger partial charge in [-0.15, -0.1) is 0 Å². The molecule has 142 valence electrons. The second-order valence-corrected chi connectivity index (χ2v) is 6.97. The van der Waals surface area contributed by atoms with Crippen molar-refractivity contribution in [2.75, 3.05) is 32.8 Å². The minimum absolute atomic E-state index is 0.119. The SMILES string of the molecule is Cc1ccc(CC(=O)OCC(=O)N2CCN(Cc3ccccc3)CC2)cc1. The normalized spacial score (nSPS) is 14.8. The second-order valence-electron chi connectivity index (χ2n) is 6.97. The van der Waals surface area contributed by atoms with Crippen molar-refractivity contribution >= 4 is 11.9 Å². The van der Waals surface area contributed by atoms with Gasteiger partial charge >= 0.3 is 5.97 Å². The minimum atomic E-state index is -0.366. The molecule has 1 fully saturated rings. The lowest BCUT2D eigenvalue weighted by Crippen LogP contribution is -2.49. The summed E-state index contributed by atoms with van der Waals surface area (Å²) in [6, 6.07) is 18.1. The molecule has 2 aromatic carbocycles. The van der Waals surface area contributed by atoms with Crippen LogP contribution in [0.2, 0.25) is 0 Å². The van der Waals surface area contributed by atoms with Crippen LogP contribution in [0, 0.1) is 6.92 Å². The maximum atomic E-state index is 12.3. The number of aryl methyl sites for hydroxylation is 1. The summed E-state index contributed by atoms with van der Waals surface area (Å²) in [5.74, 6) is -0.485. The van der Waals surface area contributed by atoms with Gasteiger partial charge in [-0.3, -0.25) is 14.5 Å². The Morgan fingerprint density at radius 3 is 2.22 bits per heavy atom. The van der Waals surface area contributed by atoms with E-state index >= 15 is 0 Å². The van der Waals surface area contributed by atoms with Crippen LogP contribution in [-0.4, -0.2) is 54.5 Å². The van der Waals surface area contributed by atoms with Crippen LogP contribution in [0.5, 0.6) is 0 Å². The lowest BCUT2D eigenvalue weighted by atomic mass is 10.1. The summed E-state index contributed by atoms with van der Waals surface area (Å²) in [6.07, 6.45) is 0.193. The van der Waals surface area contributed by atoms with E-state index in [1.54, 1.807) is 4.90 Å². The molecule has 0 saturated carbocycles. The number of ether oxygens (including phenoxy) is 1. The Morgan fingerprint density at radius 1 is 0.889 bits per heavy atom. The van der Waals surface area contributed by atoms with Gasteiger partial charge in [0, 0.05) is 32.7 Å². The van der Waals surface area contributed by atoms with Crippen LogP contribution in [0.4, 0.5) is 0 Å². The molecule has 0 atom stereocenters. The van der Waals surface area contributed by atoms with E-state index in [9.17, 15) is 9.59 Å². The fourth-order valence-electron chi connectivity index (χ4n) is 3.15. The fraction of sp³-hybridized carbons (Fsp3) is 0.364. The van der Waals surface area contributed by atoms with Gasteiger partial charge in [0.25, 0.3) is 5.91 Å². The van der Waals surface area contributed by atoms with E-state index in [4.69, 9.17) is 4.74 Å². The molecule has 5 heteroatoms. The van der Waals surface area contributed by atoms with Gasteiger partial charge in [-0.2, -0.15) is 0 Å². The zero-order chi connectivity index (χ0) is 19.1. The Labute approximate surface area is 160 Å². The number of carbonyl (C=O) groups is 2. The summed E-state index contributed by atoms with van der Waals surface area (Å²) in [5, 5.41) is 0. The number of hydrogen-bond acceptors (Lipinski definition) is 4. The predicted molar refractivity (Wildman–Crippen MR) is 104 cm³/mol. The quantitative estimate of drug-likeness (QED) is 0.737. The third-order valence-corrected chi connectivity index (χ3v) is 4.80. The van der Waals surface area contributed by atoms with E-state index in [-0.39, 0.29) is 24.9 Å². The van der Waals surface area contributed by atoms with Gasteiger partial charge in [0.1, 0.15) is 0 Å². The topological polar surface area (TPSA) is 49.9 Å². The van der Waals surface area contributed by atoms with Gasteiger partial charge in [0.2, 0.25) is 0 Å². The van der Waals surface area contributed by atoms with Gasteiger partial charge in [-0.05, 0) is 18.1 Å². The molecule has 1 heterocycles. The van der Waals surface area contributed by atoms with Crippen LogP contribution < -0.4 is 0 Å². The maximum absolute atomic E-state index is 12.3. The zero-order valence-electron chi connectivity index (χ0n) is 15.8. The highest BCUT2D eigenvalue weighted by molar-refractivity contribution is 5.81. The van der Waals surface area contributed by atoms with E-state index in [0.717, 1.165) is 30.8 Å². The molecule has 2 aromatic rings. The van der Waals surface area contributed by atoms with Crippen molar-refractivity contribution in [3.05, 3.63) is 71.3 Å². The summed E-state index contributed by atoms with van der Waals surface area (Å²) in [5.41, 5.74) is 3.32. The van der Waals surface area contributed by atoms with E-state index < -0.39 is 0 Å². The highest BCUT2D eigenvalue weighted by Crippen LogP contribution is 2.09. The monoisotopic (exact) mass is 366 g/mol. The smallest absolute Gasteiger partial charge is 0.310 e. The van der Waals surface area contributed by atoms with Crippen LogP contribution >= 0.6 is 0 Å². The third kappa shape index (κ3) is 5.93. The molecule has 0 radical (unpaired) electrons. The van der Waals surface area contributed by atoms with Crippen molar-refractivity contribution in [1.82, 2.24) is 9.80 Å². The molecular weight excluding hydrogens is 340 g/mol. The number of esters is 1. The number of benzene rings is 2. The molecule has 0 N–H and O–H groups in total. The average Bonchev–Trinajstić information content (AvgIpc) is 2.69. The summed E-state index contributed by atoms with van der Waals surface area (Å²) in [4.78, 5) is 28.3. The molecule has 0 aromatic heterocycles. The molecule has 0 spiro atoms. The Kier molecular flexibility index (Phi) is 6.60. The fourth-order valence-corrected chi connectivity index (χ4v) is 3.15. The van der Waals surface area contributed by atoms with Crippen LogP contribution in [0.3, 0.4) is 0 Å².